The van der Waals surface area contributed by atoms with E-state index in [0.717, 1.165) is 12.0 Å². The number of amides is 1. The average Bonchev–Trinajstić information content (AvgIpc) is 2.17. The van der Waals surface area contributed by atoms with E-state index in [1.807, 2.05) is 24.3 Å². The van der Waals surface area contributed by atoms with E-state index in [1.165, 1.54) is 11.6 Å². The first-order valence-corrected chi connectivity index (χ1v) is 4.49. The summed E-state index contributed by atoms with van der Waals surface area (Å²) >= 11 is 0. The molecular weight excluding hydrogens is 176 g/mol. The second-order valence-corrected chi connectivity index (χ2v) is 3.02. The Hall–Kier alpha value is -1.61. The molecule has 0 aliphatic heterocycles. The van der Waals surface area contributed by atoms with Crippen molar-refractivity contribution in [2.75, 3.05) is 6.54 Å². The molecule has 0 unspecified atom stereocenters. The number of carbonyl (C=O) groups is 1. The Kier molecular flexibility index (Phi) is 3.88. The summed E-state index contributed by atoms with van der Waals surface area (Å²) in [7, 11) is 0. The van der Waals surface area contributed by atoms with Crippen LogP contribution in [-0.4, -0.2) is 12.5 Å². The monoisotopic (exact) mass is 190 g/mol. The molecule has 1 amide bonds. The number of hydrogen-bond donors (Lipinski definition) is 2. The van der Waals surface area contributed by atoms with Crippen molar-refractivity contribution in [3.63, 3.8) is 0 Å². The molecule has 0 saturated heterocycles. The number of carbonyl (C=O) groups excluding carboxylic acids is 1. The Labute approximate surface area is 83.4 Å². The van der Waals surface area contributed by atoms with Gasteiger partial charge in [-0.1, -0.05) is 24.3 Å². The lowest BCUT2D eigenvalue weighted by Gasteiger charge is -1.98. The van der Waals surface area contributed by atoms with E-state index in [0.29, 0.717) is 6.54 Å². The molecule has 1 rings (SSSR count). The second kappa shape index (κ2) is 5.19. The summed E-state index contributed by atoms with van der Waals surface area (Å²) in [5.74, 6) is -0.434. The third kappa shape index (κ3) is 3.41. The molecule has 0 aliphatic carbocycles. The number of rotatable bonds is 4. The molecule has 0 aliphatic rings. The van der Waals surface area contributed by atoms with Crippen molar-refractivity contribution in [2.45, 2.75) is 6.42 Å². The summed E-state index contributed by atoms with van der Waals surface area (Å²) in [6, 6.07) is 7.86. The third-order valence-corrected chi connectivity index (χ3v) is 1.85. The zero-order valence-corrected chi connectivity index (χ0v) is 7.94. The van der Waals surface area contributed by atoms with E-state index in [4.69, 9.17) is 11.5 Å². The van der Waals surface area contributed by atoms with Crippen LogP contribution in [0.2, 0.25) is 0 Å². The van der Waals surface area contributed by atoms with Gasteiger partial charge in [-0.2, -0.15) is 0 Å². The maximum absolute atomic E-state index is 10.5. The second-order valence-electron chi connectivity index (χ2n) is 3.02. The quantitative estimate of drug-likeness (QED) is 0.686. The maximum atomic E-state index is 10.5. The zero-order valence-electron chi connectivity index (χ0n) is 7.94. The van der Waals surface area contributed by atoms with Gasteiger partial charge in [0.2, 0.25) is 5.91 Å². The molecule has 3 nitrogen and oxygen atoms in total. The van der Waals surface area contributed by atoms with Crippen molar-refractivity contribution in [3.05, 3.63) is 41.5 Å². The SMILES string of the molecule is NCCc1ccc(C=CC(N)=O)cc1. The van der Waals surface area contributed by atoms with Crippen molar-refractivity contribution in [1.29, 1.82) is 0 Å². The van der Waals surface area contributed by atoms with Gasteiger partial charge in [-0.25, -0.2) is 0 Å². The fraction of sp³-hybridized carbons (Fsp3) is 0.182. The van der Waals surface area contributed by atoms with Crippen LogP contribution >= 0.6 is 0 Å². The molecule has 0 atom stereocenters. The molecule has 0 bridgehead atoms. The highest BCUT2D eigenvalue weighted by atomic mass is 16.1. The van der Waals surface area contributed by atoms with Gasteiger partial charge in [-0.05, 0) is 30.2 Å². The smallest absolute Gasteiger partial charge is 0.241 e. The van der Waals surface area contributed by atoms with Crippen LogP contribution in [0.4, 0.5) is 0 Å². The van der Waals surface area contributed by atoms with E-state index < -0.39 is 5.91 Å². The predicted octanol–water partition coefficient (Wildman–Crippen LogP) is 0.686. The third-order valence-electron chi connectivity index (χ3n) is 1.85. The topological polar surface area (TPSA) is 69.1 Å². The maximum Gasteiger partial charge on any atom is 0.241 e. The van der Waals surface area contributed by atoms with Crippen LogP contribution in [0.1, 0.15) is 11.1 Å². The molecule has 0 saturated carbocycles. The molecule has 0 radical (unpaired) electrons. The number of benzene rings is 1. The first-order valence-electron chi connectivity index (χ1n) is 4.49. The standard InChI is InChI=1S/C11H14N2O/c12-8-7-10-3-1-9(2-4-10)5-6-11(13)14/h1-6H,7-8,12H2,(H2,13,14). The first-order chi connectivity index (χ1) is 6.72. The highest BCUT2D eigenvalue weighted by molar-refractivity contribution is 5.90. The minimum atomic E-state index is -0.434. The Balaban J connectivity index is 2.68. The average molecular weight is 190 g/mol. The molecule has 1 aromatic rings. The van der Waals surface area contributed by atoms with Crippen LogP contribution in [0, 0.1) is 0 Å². The molecular formula is C11H14N2O. The normalized spacial score (nSPS) is 10.6. The fourth-order valence-corrected chi connectivity index (χ4v) is 1.14. The summed E-state index contributed by atoms with van der Waals surface area (Å²) in [5, 5.41) is 0. The van der Waals surface area contributed by atoms with Gasteiger partial charge in [-0.15, -0.1) is 0 Å². The van der Waals surface area contributed by atoms with E-state index in [9.17, 15) is 4.79 Å². The van der Waals surface area contributed by atoms with Gasteiger partial charge in [0.15, 0.2) is 0 Å². The fourth-order valence-electron chi connectivity index (χ4n) is 1.14. The van der Waals surface area contributed by atoms with E-state index in [-0.39, 0.29) is 0 Å². The molecule has 0 heterocycles. The van der Waals surface area contributed by atoms with Gasteiger partial charge in [-0.3, -0.25) is 4.79 Å². The lowest BCUT2D eigenvalue weighted by Crippen LogP contribution is -2.05. The molecule has 0 spiro atoms. The predicted molar refractivity (Wildman–Crippen MR) is 57.4 cm³/mol. The molecule has 0 aromatic heterocycles. The van der Waals surface area contributed by atoms with Gasteiger partial charge >= 0.3 is 0 Å². The van der Waals surface area contributed by atoms with Gasteiger partial charge in [0.25, 0.3) is 0 Å². The minimum absolute atomic E-state index is 0.434. The lowest BCUT2D eigenvalue weighted by molar-refractivity contribution is -0.113. The van der Waals surface area contributed by atoms with Crippen LogP contribution in [-0.2, 0) is 11.2 Å². The first kappa shape index (κ1) is 10.5. The highest BCUT2D eigenvalue weighted by Gasteiger charge is 1.91. The van der Waals surface area contributed by atoms with E-state index in [1.54, 1.807) is 6.08 Å². The minimum Gasteiger partial charge on any atom is -0.366 e. The summed E-state index contributed by atoms with van der Waals surface area (Å²) in [6.45, 7) is 0.649. The van der Waals surface area contributed by atoms with Gasteiger partial charge in [0.1, 0.15) is 0 Å². The zero-order chi connectivity index (χ0) is 10.4. The molecule has 1 aromatic carbocycles. The summed E-state index contributed by atoms with van der Waals surface area (Å²) < 4.78 is 0. The summed E-state index contributed by atoms with van der Waals surface area (Å²) in [5.41, 5.74) is 12.6. The van der Waals surface area contributed by atoms with E-state index in [2.05, 4.69) is 0 Å². The van der Waals surface area contributed by atoms with Crippen LogP contribution < -0.4 is 11.5 Å². The van der Waals surface area contributed by atoms with Crippen LogP contribution in [0.3, 0.4) is 0 Å². The Morgan fingerprint density at radius 2 is 1.93 bits per heavy atom. The molecule has 14 heavy (non-hydrogen) atoms. The van der Waals surface area contributed by atoms with Gasteiger partial charge in [0.05, 0.1) is 0 Å². The summed E-state index contributed by atoms with van der Waals surface area (Å²) in [6.07, 6.45) is 3.91. The van der Waals surface area contributed by atoms with Crippen LogP contribution in [0.25, 0.3) is 6.08 Å². The number of hydrogen-bond acceptors (Lipinski definition) is 2. The van der Waals surface area contributed by atoms with Gasteiger partial charge < -0.3 is 11.5 Å². The van der Waals surface area contributed by atoms with Crippen molar-refractivity contribution in [1.82, 2.24) is 0 Å². The Morgan fingerprint density at radius 3 is 2.43 bits per heavy atom. The van der Waals surface area contributed by atoms with Gasteiger partial charge in [0, 0.05) is 6.08 Å². The van der Waals surface area contributed by atoms with Crippen LogP contribution in [0.15, 0.2) is 30.3 Å². The summed E-state index contributed by atoms with van der Waals surface area (Å²) in [4.78, 5) is 10.5. The number of primary amides is 1. The van der Waals surface area contributed by atoms with Crippen molar-refractivity contribution in [3.8, 4) is 0 Å². The lowest BCUT2D eigenvalue weighted by atomic mass is 10.1. The Morgan fingerprint density at radius 1 is 1.29 bits per heavy atom. The number of nitrogens with two attached hydrogens (primary N) is 2. The molecule has 4 N–H and O–H groups in total. The largest absolute Gasteiger partial charge is 0.366 e. The van der Waals surface area contributed by atoms with Crippen LogP contribution in [0.5, 0.6) is 0 Å². The van der Waals surface area contributed by atoms with E-state index >= 15 is 0 Å². The molecule has 3 heteroatoms. The Bertz CT molecular complexity index is 328. The van der Waals surface area contributed by atoms with Crippen molar-refractivity contribution >= 4 is 12.0 Å². The molecule has 74 valence electrons. The van der Waals surface area contributed by atoms with Crippen molar-refractivity contribution in [2.24, 2.45) is 11.5 Å². The highest BCUT2D eigenvalue weighted by Crippen LogP contribution is 2.06. The van der Waals surface area contributed by atoms with Crippen molar-refractivity contribution < 1.29 is 4.79 Å². The molecule has 0 fully saturated rings.